The molecular weight excluding hydrogens is 427 g/mol. The lowest BCUT2D eigenvalue weighted by Crippen LogP contribution is -2.44. The molecule has 1 fully saturated rings. The number of unbranched alkanes of at least 4 members (excludes halogenated alkanes) is 4. The van der Waals surface area contributed by atoms with Crippen LogP contribution in [0.15, 0.2) is 4.99 Å². The summed E-state index contributed by atoms with van der Waals surface area (Å²) >= 11 is 0. The van der Waals surface area contributed by atoms with Crippen molar-refractivity contribution in [3.8, 4) is 0 Å². The summed E-state index contributed by atoms with van der Waals surface area (Å²) in [5.41, 5.74) is 0. The normalized spacial score (nSPS) is 20.3. The maximum absolute atomic E-state index is 11.4. The van der Waals surface area contributed by atoms with Crippen molar-refractivity contribution in [2.24, 2.45) is 4.99 Å². The predicted molar refractivity (Wildman–Crippen MR) is 109 cm³/mol. The van der Waals surface area contributed by atoms with E-state index in [0.717, 1.165) is 18.9 Å². The summed E-state index contributed by atoms with van der Waals surface area (Å²) in [6.07, 6.45) is 6.82. The van der Waals surface area contributed by atoms with E-state index in [4.69, 9.17) is 0 Å². The number of rotatable bonds is 9. The van der Waals surface area contributed by atoms with Crippen LogP contribution in [0.3, 0.4) is 0 Å². The molecule has 0 saturated carbocycles. The molecule has 1 saturated heterocycles. The first kappa shape index (κ1) is 22.9. The molecule has 0 aromatic carbocycles. The van der Waals surface area contributed by atoms with Crippen molar-refractivity contribution >= 4 is 39.8 Å². The summed E-state index contributed by atoms with van der Waals surface area (Å²) in [6.45, 7) is 2.05. The van der Waals surface area contributed by atoms with Gasteiger partial charge in [-0.25, -0.2) is 8.42 Å². The van der Waals surface area contributed by atoms with Gasteiger partial charge in [-0.1, -0.05) is 19.3 Å². The van der Waals surface area contributed by atoms with Crippen LogP contribution in [0.1, 0.15) is 38.5 Å². The molecule has 1 atom stereocenters. The Labute approximate surface area is 158 Å². The van der Waals surface area contributed by atoms with Gasteiger partial charge in [0, 0.05) is 19.6 Å². The Morgan fingerprint density at radius 3 is 2.39 bits per heavy atom. The molecule has 1 aliphatic heterocycles. The van der Waals surface area contributed by atoms with E-state index in [1.54, 1.807) is 7.05 Å². The lowest BCUT2D eigenvalue weighted by atomic mass is 10.1. The van der Waals surface area contributed by atoms with Crippen LogP contribution in [-0.2, 0) is 9.84 Å². The fourth-order valence-corrected chi connectivity index (χ4v) is 4.26. The SMILES string of the molecule is CN=C(NCCCCCCCN(C)C)NC1CCS(=O)(=O)C1.I. The fraction of sp³-hybridized carbons (Fsp3) is 0.933. The van der Waals surface area contributed by atoms with Gasteiger partial charge in [-0.15, -0.1) is 24.0 Å². The first-order valence-electron chi connectivity index (χ1n) is 8.25. The summed E-state index contributed by atoms with van der Waals surface area (Å²) in [7, 11) is 3.10. The summed E-state index contributed by atoms with van der Waals surface area (Å²) in [4.78, 5) is 6.38. The zero-order valence-electron chi connectivity index (χ0n) is 14.7. The minimum atomic E-state index is -2.84. The molecule has 6 nitrogen and oxygen atoms in total. The molecule has 1 heterocycles. The Morgan fingerprint density at radius 2 is 1.83 bits per heavy atom. The minimum absolute atomic E-state index is 0. The predicted octanol–water partition coefficient (Wildman–Crippen LogP) is 1.47. The lowest BCUT2D eigenvalue weighted by Gasteiger charge is -2.16. The summed E-state index contributed by atoms with van der Waals surface area (Å²) in [5, 5.41) is 6.47. The van der Waals surface area contributed by atoms with E-state index < -0.39 is 9.84 Å². The molecule has 2 N–H and O–H groups in total. The molecule has 0 amide bonds. The number of hydrogen-bond acceptors (Lipinski definition) is 4. The van der Waals surface area contributed by atoms with Gasteiger partial charge in [-0.05, 0) is 39.9 Å². The second-order valence-electron chi connectivity index (χ2n) is 6.31. The van der Waals surface area contributed by atoms with Crippen molar-refractivity contribution in [3.05, 3.63) is 0 Å². The van der Waals surface area contributed by atoms with E-state index in [-0.39, 0.29) is 41.5 Å². The van der Waals surface area contributed by atoms with E-state index in [1.807, 2.05) is 0 Å². The van der Waals surface area contributed by atoms with E-state index in [9.17, 15) is 8.42 Å². The number of halogens is 1. The van der Waals surface area contributed by atoms with Gasteiger partial charge in [0.25, 0.3) is 0 Å². The highest BCUT2D eigenvalue weighted by molar-refractivity contribution is 14.0. The molecular formula is C15H33IN4O2S. The van der Waals surface area contributed by atoms with Gasteiger partial charge >= 0.3 is 0 Å². The number of guanidine groups is 1. The van der Waals surface area contributed by atoms with Crippen molar-refractivity contribution in [2.75, 3.05) is 45.7 Å². The molecule has 0 aromatic rings. The fourth-order valence-electron chi connectivity index (χ4n) is 2.59. The molecule has 0 aliphatic carbocycles. The number of nitrogens with zero attached hydrogens (tertiary/aromatic N) is 2. The van der Waals surface area contributed by atoms with Crippen molar-refractivity contribution in [3.63, 3.8) is 0 Å². The quantitative estimate of drug-likeness (QED) is 0.236. The Balaban J connectivity index is 0.00000484. The third-order valence-electron chi connectivity index (χ3n) is 3.87. The molecule has 1 unspecified atom stereocenters. The third-order valence-corrected chi connectivity index (χ3v) is 5.64. The Hall–Kier alpha value is -0.0900. The topological polar surface area (TPSA) is 73.8 Å². The highest BCUT2D eigenvalue weighted by Gasteiger charge is 2.28. The van der Waals surface area contributed by atoms with Crippen molar-refractivity contribution in [2.45, 2.75) is 44.6 Å². The smallest absolute Gasteiger partial charge is 0.191 e. The van der Waals surface area contributed by atoms with Gasteiger partial charge in [0.05, 0.1) is 11.5 Å². The van der Waals surface area contributed by atoms with Gasteiger partial charge in [-0.2, -0.15) is 0 Å². The molecule has 0 spiro atoms. The molecule has 23 heavy (non-hydrogen) atoms. The van der Waals surface area contributed by atoms with Crippen molar-refractivity contribution in [1.82, 2.24) is 15.5 Å². The van der Waals surface area contributed by atoms with Crippen molar-refractivity contribution < 1.29 is 8.42 Å². The highest BCUT2D eigenvalue weighted by Crippen LogP contribution is 2.10. The van der Waals surface area contributed by atoms with Gasteiger partial charge in [-0.3, -0.25) is 4.99 Å². The first-order valence-corrected chi connectivity index (χ1v) is 10.1. The number of sulfone groups is 1. The second-order valence-corrected chi connectivity index (χ2v) is 8.54. The van der Waals surface area contributed by atoms with E-state index in [2.05, 4.69) is 34.6 Å². The molecule has 0 radical (unpaired) electrons. The average Bonchev–Trinajstić information content (AvgIpc) is 2.79. The standard InChI is InChI=1S/C15H32N4O2S.HI/c1-16-15(18-14-9-12-22(20,21)13-14)17-10-7-5-4-6-8-11-19(2)3;/h14H,4-13H2,1-3H3,(H2,16,17,18);1H. The molecule has 1 rings (SSSR count). The number of hydrogen-bond donors (Lipinski definition) is 2. The van der Waals surface area contributed by atoms with Crippen LogP contribution >= 0.6 is 24.0 Å². The van der Waals surface area contributed by atoms with Crippen molar-refractivity contribution in [1.29, 1.82) is 0 Å². The van der Waals surface area contributed by atoms with E-state index in [1.165, 1.54) is 32.2 Å². The van der Waals surface area contributed by atoms with Crippen LogP contribution in [0.25, 0.3) is 0 Å². The zero-order chi connectivity index (χ0) is 16.4. The third kappa shape index (κ3) is 11.1. The number of aliphatic imine (C=N–C) groups is 1. The minimum Gasteiger partial charge on any atom is -0.356 e. The van der Waals surface area contributed by atoms with Crippen LogP contribution in [0.4, 0.5) is 0 Å². The lowest BCUT2D eigenvalue weighted by molar-refractivity contribution is 0.389. The second kappa shape index (κ2) is 12.3. The highest BCUT2D eigenvalue weighted by atomic mass is 127. The van der Waals surface area contributed by atoms with Crippen LogP contribution in [0.2, 0.25) is 0 Å². The summed E-state index contributed by atoms with van der Waals surface area (Å²) in [5.74, 6) is 1.23. The molecule has 8 heteroatoms. The first-order chi connectivity index (χ1) is 10.4. The van der Waals surface area contributed by atoms with E-state index >= 15 is 0 Å². The molecule has 0 bridgehead atoms. The Bertz CT molecular complexity index is 441. The Kier molecular flexibility index (Phi) is 12.2. The van der Waals surface area contributed by atoms with Gasteiger partial charge < -0.3 is 15.5 Å². The largest absolute Gasteiger partial charge is 0.356 e. The average molecular weight is 460 g/mol. The molecule has 1 aliphatic rings. The van der Waals surface area contributed by atoms with E-state index in [0.29, 0.717) is 6.42 Å². The monoisotopic (exact) mass is 460 g/mol. The molecule has 0 aromatic heterocycles. The zero-order valence-corrected chi connectivity index (χ0v) is 17.8. The Morgan fingerprint density at radius 1 is 1.17 bits per heavy atom. The maximum atomic E-state index is 11.4. The van der Waals surface area contributed by atoms with Crippen LogP contribution in [-0.4, -0.2) is 71.1 Å². The van der Waals surface area contributed by atoms with Gasteiger partial charge in [0.1, 0.15) is 0 Å². The van der Waals surface area contributed by atoms with Crippen LogP contribution in [0, 0.1) is 0 Å². The maximum Gasteiger partial charge on any atom is 0.191 e. The van der Waals surface area contributed by atoms with Crippen LogP contribution < -0.4 is 10.6 Å². The van der Waals surface area contributed by atoms with Gasteiger partial charge in [0.15, 0.2) is 15.8 Å². The molecule has 138 valence electrons. The van der Waals surface area contributed by atoms with Crippen LogP contribution in [0.5, 0.6) is 0 Å². The van der Waals surface area contributed by atoms with Gasteiger partial charge in [0.2, 0.25) is 0 Å². The summed E-state index contributed by atoms with van der Waals surface area (Å²) in [6, 6.07) is 0.00207. The number of nitrogens with one attached hydrogen (secondary N) is 2. The summed E-state index contributed by atoms with van der Waals surface area (Å²) < 4.78 is 22.9.